The molecule has 1 atom stereocenters. The van der Waals surface area contributed by atoms with Crippen LogP contribution in [0.15, 0.2) is 23.6 Å². The third-order valence-corrected chi connectivity index (χ3v) is 2.82. The highest BCUT2D eigenvalue weighted by Gasteiger charge is 2.08. The van der Waals surface area contributed by atoms with Crippen LogP contribution in [-0.2, 0) is 0 Å². The second-order valence-corrected chi connectivity index (χ2v) is 4.24. The zero-order valence-electron chi connectivity index (χ0n) is 7.97. The van der Waals surface area contributed by atoms with E-state index in [2.05, 4.69) is 23.8 Å². The number of thioether (sulfide) groups is 1. The van der Waals surface area contributed by atoms with Crippen LogP contribution in [0.25, 0.3) is 0 Å². The first kappa shape index (κ1) is 10.5. The molecule has 0 bridgehead atoms. The lowest BCUT2D eigenvalue weighted by molar-refractivity contribution is 0.535. The van der Waals surface area contributed by atoms with Crippen LogP contribution in [0.2, 0.25) is 0 Å². The van der Waals surface area contributed by atoms with Gasteiger partial charge in [0.2, 0.25) is 0 Å². The number of nitrogens with two attached hydrogens (primary N) is 1. The molecule has 4 heteroatoms. The molecule has 0 amide bonds. The van der Waals surface area contributed by atoms with Crippen molar-refractivity contribution in [3.8, 4) is 0 Å². The summed E-state index contributed by atoms with van der Waals surface area (Å²) in [6.07, 6.45) is 3.49. The van der Waals surface area contributed by atoms with Gasteiger partial charge in [0.05, 0.1) is 0 Å². The number of hydrogen-bond acceptors (Lipinski definition) is 4. The Morgan fingerprint density at radius 1 is 1.38 bits per heavy atom. The normalized spacial score (nSPS) is 13.2. The molecule has 13 heavy (non-hydrogen) atoms. The van der Waals surface area contributed by atoms with E-state index in [0.717, 1.165) is 10.9 Å². The van der Waals surface area contributed by atoms with Crippen LogP contribution in [0.1, 0.15) is 13.8 Å². The minimum absolute atomic E-state index is 0.216. The van der Waals surface area contributed by atoms with Crippen LogP contribution in [-0.4, -0.2) is 21.8 Å². The van der Waals surface area contributed by atoms with Crippen LogP contribution in [0.3, 0.4) is 0 Å². The van der Waals surface area contributed by atoms with E-state index in [4.69, 9.17) is 5.73 Å². The Labute approximate surface area is 83.2 Å². The number of hydrogen-bond donors (Lipinski definition) is 1. The maximum atomic E-state index is 5.89. The van der Waals surface area contributed by atoms with Crippen LogP contribution >= 0.6 is 11.8 Å². The monoisotopic (exact) mass is 197 g/mol. The molecule has 0 aliphatic rings. The maximum absolute atomic E-state index is 5.89. The van der Waals surface area contributed by atoms with Crippen molar-refractivity contribution in [2.75, 3.05) is 5.75 Å². The minimum Gasteiger partial charge on any atom is -0.327 e. The van der Waals surface area contributed by atoms with E-state index >= 15 is 0 Å². The van der Waals surface area contributed by atoms with Gasteiger partial charge < -0.3 is 5.73 Å². The van der Waals surface area contributed by atoms with Crippen molar-refractivity contribution in [3.05, 3.63) is 18.5 Å². The fraction of sp³-hybridized carbons (Fsp3) is 0.556. The smallest absolute Gasteiger partial charge is 0.187 e. The van der Waals surface area contributed by atoms with E-state index in [1.165, 1.54) is 0 Å². The topological polar surface area (TPSA) is 51.8 Å². The highest BCUT2D eigenvalue weighted by molar-refractivity contribution is 7.99. The standard InChI is InChI=1S/C9H15N3S/c1-7(2)8(10)6-13-9-11-4-3-5-12-9/h3-5,7-8H,6,10H2,1-2H3/t8-/m1/s1. The number of rotatable bonds is 4. The maximum Gasteiger partial charge on any atom is 0.187 e. The molecule has 0 aliphatic carbocycles. The molecule has 0 aromatic carbocycles. The Hall–Kier alpha value is -0.610. The van der Waals surface area contributed by atoms with Crippen molar-refractivity contribution < 1.29 is 0 Å². The van der Waals surface area contributed by atoms with Crippen molar-refractivity contribution in [2.45, 2.75) is 25.0 Å². The molecule has 1 heterocycles. The zero-order valence-corrected chi connectivity index (χ0v) is 8.79. The molecule has 0 aliphatic heterocycles. The molecule has 2 N–H and O–H groups in total. The number of nitrogens with zero attached hydrogens (tertiary/aromatic N) is 2. The molecule has 3 nitrogen and oxygen atoms in total. The zero-order chi connectivity index (χ0) is 9.68. The highest BCUT2D eigenvalue weighted by Crippen LogP contribution is 2.14. The lowest BCUT2D eigenvalue weighted by atomic mass is 10.1. The van der Waals surface area contributed by atoms with E-state index in [1.54, 1.807) is 24.2 Å². The Kier molecular flexibility index (Phi) is 4.18. The summed E-state index contributed by atoms with van der Waals surface area (Å²) >= 11 is 1.61. The average molecular weight is 197 g/mol. The van der Waals surface area contributed by atoms with Crippen molar-refractivity contribution in [1.29, 1.82) is 0 Å². The summed E-state index contributed by atoms with van der Waals surface area (Å²) < 4.78 is 0. The Morgan fingerprint density at radius 2 is 2.00 bits per heavy atom. The minimum atomic E-state index is 0.216. The van der Waals surface area contributed by atoms with Gasteiger partial charge in [-0.2, -0.15) is 0 Å². The fourth-order valence-electron chi connectivity index (χ4n) is 0.723. The molecule has 0 spiro atoms. The van der Waals surface area contributed by atoms with Gasteiger partial charge in [-0.05, 0) is 12.0 Å². The van der Waals surface area contributed by atoms with Crippen molar-refractivity contribution >= 4 is 11.8 Å². The first-order valence-corrected chi connectivity index (χ1v) is 5.34. The van der Waals surface area contributed by atoms with Gasteiger partial charge >= 0.3 is 0 Å². The largest absolute Gasteiger partial charge is 0.327 e. The van der Waals surface area contributed by atoms with Crippen LogP contribution in [0, 0.1) is 5.92 Å². The molecule has 0 saturated heterocycles. The van der Waals surface area contributed by atoms with Gasteiger partial charge in [0.15, 0.2) is 5.16 Å². The van der Waals surface area contributed by atoms with E-state index in [9.17, 15) is 0 Å². The summed E-state index contributed by atoms with van der Waals surface area (Å²) in [5.41, 5.74) is 5.89. The lowest BCUT2D eigenvalue weighted by Gasteiger charge is -2.13. The molecule has 72 valence electrons. The Balaban J connectivity index is 2.35. The summed E-state index contributed by atoms with van der Waals surface area (Å²) in [5, 5.41) is 0.804. The number of aromatic nitrogens is 2. The average Bonchev–Trinajstić information content (AvgIpc) is 2.15. The van der Waals surface area contributed by atoms with Gasteiger partial charge in [-0.25, -0.2) is 9.97 Å². The third kappa shape index (κ3) is 3.74. The first-order chi connectivity index (χ1) is 6.20. The van der Waals surface area contributed by atoms with Gasteiger partial charge in [0, 0.05) is 24.2 Å². The quantitative estimate of drug-likeness (QED) is 0.588. The SMILES string of the molecule is CC(C)[C@H](N)CSc1ncccn1. The van der Waals surface area contributed by atoms with Crippen LogP contribution < -0.4 is 5.73 Å². The second kappa shape index (κ2) is 5.19. The van der Waals surface area contributed by atoms with Crippen molar-refractivity contribution in [1.82, 2.24) is 9.97 Å². The van der Waals surface area contributed by atoms with Gasteiger partial charge in [-0.3, -0.25) is 0 Å². The molecule has 1 aromatic rings. The van der Waals surface area contributed by atoms with E-state index in [1.807, 2.05) is 6.07 Å². The van der Waals surface area contributed by atoms with Gasteiger partial charge in [0.25, 0.3) is 0 Å². The molecular formula is C9H15N3S. The van der Waals surface area contributed by atoms with Crippen molar-refractivity contribution in [3.63, 3.8) is 0 Å². The van der Waals surface area contributed by atoms with E-state index < -0.39 is 0 Å². The van der Waals surface area contributed by atoms with Crippen LogP contribution in [0.4, 0.5) is 0 Å². The van der Waals surface area contributed by atoms with Gasteiger partial charge in [-0.1, -0.05) is 25.6 Å². The summed E-state index contributed by atoms with van der Waals surface area (Å²) in [5.74, 6) is 1.39. The second-order valence-electron chi connectivity index (χ2n) is 3.25. The summed E-state index contributed by atoms with van der Waals surface area (Å²) in [6.45, 7) is 4.24. The Morgan fingerprint density at radius 3 is 2.54 bits per heavy atom. The molecule has 0 radical (unpaired) electrons. The first-order valence-electron chi connectivity index (χ1n) is 4.35. The molecule has 1 rings (SSSR count). The van der Waals surface area contributed by atoms with Gasteiger partial charge in [-0.15, -0.1) is 0 Å². The molecule has 0 saturated carbocycles. The van der Waals surface area contributed by atoms with E-state index in [0.29, 0.717) is 5.92 Å². The Bertz CT molecular complexity index is 238. The molecule has 0 fully saturated rings. The highest BCUT2D eigenvalue weighted by atomic mass is 32.2. The van der Waals surface area contributed by atoms with Gasteiger partial charge in [0.1, 0.15) is 0 Å². The predicted octanol–water partition coefficient (Wildman–Crippen LogP) is 1.55. The fourth-order valence-corrected chi connectivity index (χ4v) is 1.72. The summed E-state index contributed by atoms with van der Waals surface area (Å²) in [7, 11) is 0. The molecular weight excluding hydrogens is 182 g/mol. The van der Waals surface area contributed by atoms with Crippen molar-refractivity contribution in [2.24, 2.45) is 11.7 Å². The third-order valence-electron chi connectivity index (χ3n) is 1.80. The summed E-state index contributed by atoms with van der Waals surface area (Å²) in [6, 6.07) is 2.03. The van der Waals surface area contributed by atoms with E-state index in [-0.39, 0.29) is 6.04 Å². The summed E-state index contributed by atoms with van der Waals surface area (Å²) in [4.78, 5) is 8.21. The molecule has 0 unspecified atom stereocenters. The lowest BCUT2D eigenvalue weighted by Crippen LogP contribution is -2.28. The predicted molar refractivity (Wildman–Crippen MR) is 55.6 cm³/mol. The van der Waals surface area contributed by atoms with Crippen LogP contribution in [0.5, 0.6) is 0 Å². The molecule has 1 aromatic heterocycles.